The van der Waals surface area contributed by atoms with E-state index < -0.39 is 11.8 Å². The summed E-state index contributed by atoms with van der Waals surface area (Å²) in [6, 6.07) is 8.72. The van der Waals surface area contributed by atoms with Crippen molar-refractivity contribution in [2.24, 2.45) is 5.92 Å². The van der Waals surface area contributed by atoms with Gasteiger partial charge in [-0.3, -0.25) is 4.79 Å². The van der Waals surface area contributed by atoms with Gasteiger partial charge in [0.25, 0.3) is 5.91 Å². The van der Waals surface area contributed by atoms with Crippen LogP contribution in [0.2, 0.25) is 0 Å². The lowest BCUT2D eigenvalue weighted by molar-refractivity contribution is 0.0674. The Morgan fingerprint density at radius 3 is 2.34 bits per heavy atom. The average Bonchev–Trinajstić information content (AvgIpc) is 2.84. The van der Waals surface area contributed by atoms with Crippen molar-refractivity contribution in [2.45, 2.75) is 33.6 Å². The number of carbonyl (C=O) groups excluding carboxylic acids is 2. The number of likely N-dealkylation sites (tertiary alicyclic amines) is 1. The topological polar surface area (TPSA) is 89.1 Å². The van der Waals surface area contributed by atoms with E-state index in [9.17, 15) is 14.0 Å². The maximum Gasteiger partial charge on any atom is 0.319 e. The monoisotopic (exact) mass is 487 g/mol. The maximum absolute atomic E-state index is 13.4. The molecular weight excluding hydrogens is 453 g/mol. The Balaban J connectivity index is 1.65. The zero-order chi connectivity index (χ0) is 25.2. The predicted octanol–water partition coefficient (Wildman–Crippen LogP) is 4.70. The van der Waals surface area contributed by atoms with Crippen LogP contribution in [-0.4, -0.2) is 56.3 Å². The van der Waals surface area contributed by atoms with Crippen molar-refractivity contribution in [1.29, 1.82) is 0 Å². The first-order valence-electron chi connectivity index (χ1n) is 12.1. The van der Waals surface area contributed by atoms with Gasteiger partial charge in [-0.15, -0.1) is 0 Å². The Kier molecular flexibility index (Phi) is 9.57. The van der Waals surface area contributed by atoms with Crippen molar-refractivity contribution < 1.29 is 28.2 Å². The minimum Gasteiger partial charge on any atom is -0.490 e. The van der Waals surface area contributed by atoms with Crippen LogP contribution in [0.5, 0.6) is 17.2 Å². The molecule has 0 radical (unpaired) electrons. The third kappa shape index (κ3) is 7.24. The summed E-state index contributed by atoms with van der Waals surface area (Å²) in [4.78, 5) is 27.4. The Bertz CT molecular complexity index is 989. The molecule has 1 heterocycles. The number of amides is 3. The number of nitrogens with zero attached hydrogens (tertiary/aromatic N) is 1. The molecular formula is C26H34FN3O5. The molecule has 2 aromatic rings. The van der Waals surface area contributed by atoms with Gasteiger partial charge in [0.15, 0.2) is 11.5 Å². The highest BCUT2D eigenvalue weighted by Crippen LogP contribution is 2.39. The number of anilines is 1. The lowest BCUT2D eigenvalue weighted by atomic mass is 9.97. The molecule has 1 saturated heterocycles. The molecule has 1 aliphatic heterocycles. The van der Waals surface area contributed by atoms with Crippen LogP contribution in [0.4, 0.5) is 14.9 Å². The van der Waals surface area contributed by atoms with Gasteiger partial charge in [-0.05, 0) is 69.9 Å². The van der Waals surface area contributed by atoms with E-state index >= 15 is 0 Å². The molecule has 0 aliphatic carbocycles. The first-order chi connectivity index (χ1) is 16.9. The zero-order valence-electron chi connectivity index (χ0n) is 20.6. The number of rotatable bonds is 10. The van der Waals surface area contributed by atoms with E-state index in [4.69, 9.17) is 14.2 Å². The minimum absolute atomic E-state index is 0.103. The van der Waals surface area contributed by atoms with Crippen LogP contribution < -0.4 is 24.8 Å². The highest BCUT2D eigenvalue weighted by Gasteiger charge is 2.27. The van der Waals surface area contributed by atoms with Gasteiger partial charge in [0.2, 0.25) is 5.75 Å². The van der Waals surface area contributed by atoms with Crippen LogP contribution in [0.1, 0.15) is 44.0 Å². The lowest BCUT2D eigenvalue weighted by Gasteiger charge is -2.33. The summed E-state index contributed by atoms with van der Waals surface area (Å²) in [6.45, 7) is 8.48. The normalized spacial score (nSPS) is 15.3. The van der Waals surface area contributed by atoms with Crippen LogP contribution >= 0.6 is 0 Å². The van der Waals surface area contributed by atoms with E-state index in [-0.39, 0.29) is 11.8 Å². The number of carbonyl (C=O) groups is 2. The summed E-state index contributed by atoms with van der Waals surface area (Å²) in [5.74, 6) is 1.02. The van der Waals surface area contributed by atoms with Crippen molar-refractivity contribution in [2.75, 3.05) is 44.8 Å². The average molecular weight is 488 g/mol. The summed E-state index contributed by atoms with van der Waals surface area (Å²) >= 11 is 0. The summed E-state index contributed by atoms with van der Waals surface area (Å²) < 4.78 is 30.5. The number of urea groups is 1. The molecule has 1 atom stereocenters. The van der Waals surface area contributed by atoms with Crippen molar-refractivity contribution in [1.82, 2.24) is 10.2 Å². The summed E-state index contributed by atoms with van der Waals surface area (Å²) in [7, 11) is 0. The molecule has 35 heavy (non-hydrogen) atoms. The summed E-state index contributed by atoms with van der Waals surface area (Å²) in [6.07, 6.45) is 1.72. The van der Waals surface area contributed by atoms with Gasteiger partial charge in [-0.2, -0.15) is 0 Å². The third-order valence-corrected chi connectivity index (χ3v) is 5.60. The summed E-state index contributed by atoms with van der Waals surface area (Å²) in [5, 5.41) is 5.45. The molecule has 8 nitrogen and oxygen atoms in total. The zero-order valence-corrected chi connectivity index (χ0v) is 20.6. The second-order valence-electron chi connectivity index (χ2n) is 8.21. The van der Waals surface area contributed by atoms with E-state index in [1.807, 2.05) is 20.8 Å². The SMILES string of the molecule is CCOc1cc(C(=O)N2CCCC(CNC(=O)Nc3cccc(F)c3)C2)cc(OCC)c1OCC. The second kappa shape index (κ2) is 12.8. The Hall–Kier alpha value is -3.49. The number of nitrogens with one attached hydrogen (secondary N) is 2. The highest BCUT2D eigenvalue weighted by atomic mass is 19.1. The van der Waals surface area contributed by atoms with Gasteiger partial charge in [-0.1, -0.05) is 6.07 Å². The van der Waals surface area contributed by atoms with E-state index in [2.05, 4.69) is 10.6 Å². The van der Waals surface area contributed by atoms with Crippen molar-refractivity contribution in [3.63, 3.8) is 0 Å². The number of hydrogen-bond acceptors (Lipinski definition) is 5. The lowest BCUT2D eigenvalue weighted by Crippen LogP contribution is -2.44. The Morgan fingerprint density at radius 1 is 1.03 bits per heavy atom. The fourth-order valence-electron chi connectivity index (χ4n) is 4.09. The summed E-state index contributed by atoms with van der Waals surface area (Å²) in [5.41, 5.74) is 0.853. The smallest absolute Gasteiger partial charge is 0.319 e. The molecule has 190 valence electrons. The van der Waals surface area contributed by atoms with Gasteiger partial charge in [0.1, 0.15) is 5.82 Å². The molecule has 3 rings (SSSR count). The number of halogens is 1. The fourth-order valence-corrected chi connectivity index (χ4v) is 4.09. The molecule has 9 heteroatoms. The first-order valence-corrected chi connectivity index (χ1v) is 12.1. The molecule has 0 bridgehead atoms. The number of ether oxygens (including phenoxy) is 3. The molecule has 1 aliphatic rings. The van der Waals surface area contributed by atoms with Crippen molar-refractivity contribution >= 4 is 17.6 Å². The number of hydrogen-bond donors (Lipinski definition) is 2. The molecule has 0 aromatic heterocycles. The standard InChI is InChI=1S/C26H34FN3O5/c1-4-33-22-13-19(14-23(34-5-2)24(22)35-6-3)25(31)30-12-8-9-18(17-30)16-28-26(32)29-21-11-7-10-20(27)15-21/h7,10-11,13-15,18H,4-6,8-9,12,16-17H2,1-3H3,(H2,28,29,32). The van der Waals surface area contributed by atoms with Crippen LogP contribution in [0.3, 0.4) is 0 Å². The van der Waals surface area contributed by atoms with E-state index in [1.54, 1.807) is 23.1 Å². The van der Waals surface area contributed by atoms with E-state index in [0.29, 0.717) is 68.0 Å². The van der Waals surface area contributed by atoms with Gasteiger partial charge in [0.05, 0.1) is 19.8 Å². The van der Waals surface area contributed by atoms with Crippen LogP contribution in [0, 0.1) is 11.7 Å². The van der Waals surface area contributed by atoms with Gasteiger partial charge >= 0.3 is 6.03 Å². The number of piperidine rings is 1. The maximum atomic E-state index is 13.4. The van der Waals surface area contributed by atoms with Gasteiger partial charge < -0.3 is 29.7 Å². The first kappa shape index (κ1) is 26.1. The molecule has 2 N–H and O–H groups in total. The Labute approximate surface area is 205 Å². The molecule has 0 saturated carbocycles. The molecule has 1 fully saturated rings. The molecule has 1 unspecified atom stereocenters. The predicted molar refractivity (Wildman–Crippen MR) is 132 cm³/mol. The van der Waals surface area contributed by atoms with E-state index in [1.165, 1.54) is 18.2 Å². The van der Waals surface area contributed by atoms with Crippen LogP contribution in [-0.2, 0) is 0 Å². The second-order valence-corrected chi connectivity index (χ2v) is 8.21. The Morgan fingerprint density at radius 2 is 1.71 bits per heavy atom. The van der Waals surface area contributed by atoms with Crippen molar-refractivity contribution in [3.8, 4) is 17.2 Å². The minimum atomic E-state index is -0.418. The quantitative estimate of drug-likeness (QED) is 0.507. The van der Waals surface area contributed by atoms with E-state index in [0.717, 1.165) is 12.8 Å². The molecule has 2 aromatic carbocycles. The molecule has 0 spiro atoms. The van der Waals surface area contributed by atoms with Crippen LogP contribution in [0.25, 0.3) is 0 Å². The third-order valence-electron chi connectivity index (χ3n) is 5.60. The van der Waals surface area contributed by atoms with Gasteiger partial charge in [-0.25, -0.2) is 9.18 Å². The number of benzene rings is 2. The fraction of sp³-hybridized carbons (Fsp3) is 0.462. The van der Waals surface area contributed by atoms with Gasteiger partial charge in [0, 0.05) is 30.9 Å². The van der Waals surface area contributed by atoms with Crippen molar-refractivity contribution in [3.05, 3.63) is 47.8 Å². The highest BCUT2D eigenvalue weighted by molar-refractivity contribution is 5.95. The molecule has 3 amide bonds. The van der Waals surface area contributed by atoms with Crippen LogP contribution in [0.15, 0.2) is 36.4 Å². The largest absolute Gasteiger partial charge is 0.490 e.